The molecule has 1 aliphatic rings. The maximum absolute atomic E-state index is 12.7. The molecular weight excluding hydrogens is 561 g/mol. The first kappa shape index (κ1) is 28.5. The minimum atomic E-state index is -1.17. The summed E-state index contributed by atoms with van der Waals surface area (Å²) in [5.74, 6) is -1.06. The van der Waals surface area contributed by atoms with E-state index in [1.807, 2.05) is 24.3 Å². The van der Waals surface area contributed by atoms with E-state index in [1.54, 1.807) is 37.4 Å². The molecule has 7 nitrogen and oxygen atoms in total. The first-order valence-electron chi connectivity index (χ1n) is 10.9. The summed E-state index contributed by atoms with van der Waals surface area (Å²) in [6, 6.07) is 17.4. The molecule has 0 saturated carbocycles. The van der Waals surface area contributed by atoms with E-state index in [1.165, 1.54) is 6.07 Å². The van der Waals surface area contributed by atoms with E-state index in [9.17, 15) is 14.7 Å². The molecule has 0 aromatic heterocycles. The van der Waals surface area contributed by atoms with Gasteiger partial charge in [-0.1, -0.05) is 39.7 Å². The summed E-state index contributed by atoms with van der Waals surface area (Å²) in [5, 5.41) is 14.5. The topological polar surface area (TPSA) is 96.9 Å². The van der Waals surface area contributed by atoms with Gasteiger partial charge in [0.2, 0.25) is 0 Å². The van der Waals surface area contributed by atoms with Crippen molar-refractivity contribution in [3.05, 3.63) is 86.8 Å². The van der Waals surface area contributed by atoms with Crippen molar-refractivity contribution < 1.29 is 58.5 Å². The number of carbonyl (C=O) groups is 2. The number of nitrogens with one attached hydrogen (secondary N) is 1. The Morgan fingerprint density at radius 3 is 2.61 bits per heavy atom. The Kier molecular flexibility index (Phi) is 10.2. The summed E-state index contributed by atoms with van der Waals surface area (Å²) < 4.78 is 17.8. The number of hydrogen-bond donors (Lipinski definition) is 1. The molecule has 2 unspecified atom stereocenters. The number of halogens is 2. The van der Waals surface area contributed by atoms with Gasteiger partial charge in [-0.3, -0.25) is 4.79 Å². The van der Waals surface area contributed by atoms with Crippen molar-refractivity contribution >= 4 is 39.4 Å². The number of carboxylic acids is 1. The minimum absolute atomic E-state index is 0. The Labute approximate surface area is 244 Å². The van der Waals surface area contributed by atoms with Crippen LogP contribution in [0.4, 0.5) is 0 Å². The van der Waals surface area contributed by atoms with Gasteiger partial charge in [-0.2, -0.15) is 0 Å². The fourth-order valence-electron chi connectivity index (χ4n) is 3.81. The molecule has 0 fully saturated rings. The molecule has 4 rings (SSSR count). The van der Waals surface area contributed by atoms with Crippen molar-refractivity contribution in [3.63, 3.8) is 0 Å². The van der Waals surface area contributed by atoms with Crippen molar-refractivity contribution in [2.45, 2.75) is 25.0 Å². The number of rotatable bonds is 8. The van der Waals surface area contributed by atoms with Crippen LogP contribution < -0.4 is 49.5 Å². The van der Waals surface area contributed by atoms with Crippen LogP contribution >= 0.6 is 27.5 Å². The van der Waals surface area contributed by atoms with Crippen LogP contribution in [-0.4, -0.2) is 31.8 Å². The smallest absolute Gasteiger partial charge is 0.549 e. The van der Waals surface area contributed by atoms with Crippen molar-refractivity contribution in [3.8, 4) is 17.2 Å². The number of aliphatic carboxylic acids is 1. The maximum atomic E-state index is 12.7. The number of carboxylic acid groups (broad SMARTS) is 1. The van der Waals surface area contributed by atoms with Gasteiger partial charge in [0.25, 0.3) is 5.91 Å². The average Bonchev–Trinajstić information content (AvgIpc) is 2.84. The maximum Gasteiger partial charge on any atom is 1.00 e. The Bertz CT molecular complexity index is 1240. The van der Waals surface area contributed by atoms with Gasteiger partial charge in [-0.25, -0.2) is 0 Å². The fourth-order valence-corrected chi connectivity index (χ4v) is 4.47. The van der Waals surface area contributed by atoms with Crippen molar-refractivity contribution in [2.24, 2.45) is 0 Å². The van der Waals surface area contributed by atoms with Crippen LogP contribution in [0.25, 0.3) is 0 Å². The van der Waals surface area contributed by atoms with Crippen molar-refractivity contribution in [1.82, 2.24) is 5.32 Å². The number of ether oxygens (including phenoxy) is 3. The monoisotopic (exact) mass is 581 g/mol. The zero-order valence-electron chi connectivity index (χ0n) is 19.8. The zero-order valence-corrected chi connectivity index (χ0v) is 24.1. The van der Waals surface area contributed by atoms with Crippen LogP contribution in [0, 0.1) is 0 Å². The van der Waals surface area contributed by atoms with Crippen LogP contribution in [0.3, 0.4) is 0 Å². The third kappa shape index (κ3) is 7.03. The van der Waals surface area contributed by atoms with Gasteiger partial charge in [0.1, 0.15) is 23.5 Å². The molecule has 1 aliphatic heterocycles. The van der Waals surface area contributed by atoms with Gasteiger partial charge in [0, 0.05) is 47.1 Å². The van der Waals surface area contributed by atoms with Gasteiger partial charge >= 0.3 is 29.6 Å². The minimum Gasteiger partial charge on any atom is -0.549 e. The molecule has 0 radical (unpaired) electrons. The van der Waals surface area contributed by atoms with Crippen LogP contribution in [0.2, 0.25) is 5.02 Å². The molecule has 0 spiro atoms. The Morgan fingerprint density at radius 2 is 1.94 bits per heavy atom. The molecule has 36 heavy (non-hydrogen) atoms. The van der Waals surface area contributed by atoms with E-state index < -0.39 is 18.1 Å². The summed E-state index contributed by atoms with van der Waals surface area (Å²) >= 11 is 9.78. The summed E-state index contributed by atoms with van der Waals surface area (Å²) in [5.41, 5.74) is 1.92. The molecule has 1 N–H and O–H groups in total. The number of methoxy groups -OCH3 is 1. The quantitative estimate of drug-likeness (QED) is 0.319. The molecule has 182 valence electrons. The van der Waals surface area contributed by atoms with Gasteiger partial charge in [0.05, 0.1) is 11.6 Å². The zero-order chi connectivity index (χ0) is 24.9. The molecule has 3 aromatic rings. The molecule has 1 heterocycles. The first-order valence-corrected chi connectivity index (χ1v) is 12.0. The molecule has 10 heteroatoms. The van der Waals surface area contributed by atoms with Crippen LogP contribution in [0.15, 0.2) is 65.1 Å². The van der Waals surface area contributed by atoms with Crippen LogP contribution in [0.5, 0.6) is 17.2 Å². The van der Waals surface area contributed by atoms with Gasteiger partial charge < -0.3 is 29.4 Å². The summed E-state index contributed by atoms with van der Waals surface area (Å²) in [6.45, 7) is 0.264. The predicted molar refractivity (Wildman–Crippen MR) is 132 cm³/mol. The second-order valence-corrected chi connectivity index (χ2v) is 9.31. The van der Waals surface area contributed by atoms with E-state index in [0.717, 1.165) is 10.0 Å². The Hall–Kier alpha value is -2.07. The molecule has 1 amide bonds. The molecule has 0 bridgehead atoms. The van der Waals surface area contributed by atoms with E-state index in [-0.39, 0.29) is 47.1 Å². The van der Waals surface area contributed by atoms with Crippen molar-refractivity contribution in [2.75, 3.05) is 13.7 Å². The van der Waals surface area contributed by atoms with Gasteiger partial charge in [0.15, 0.2) is 0 Å². The van der Waals surface area contributed by atoms with E-state index in [0.29, 0.717) is 41.2 Å². The second kappa shape index (κ2) is 12.9. The summed E-state index contributed by atoms with van der Waals surface area (Å²) in [7, 11) is 1.54. The SMILES string of the molecule is COC(Cc1cccc(Br)c1)NC(=O)c1ccc(Oc2cc3c(cc2Cl)C(C(=O)[O-])CCO3)cc1.[Na+]. The Balaban J connectivity index is 0.00000361. The second-order valence-electron chi connectivity index (χ2n) is 7.99. The van der Waals surface area contributed by atoms with E-state index in [4.69, 9.17) is 25.8 Å². The third-order valence-electron chi connectivity index (χ3n) is 5.62. The molecular formula is C26H22BrClNNaO6. The number of benzene rings is 3. The molecule has 0 saturated heterocycles. The van der Waals surface area contributed by atoms with E-state index >= 15 is 0 Å². The molecule has 3 aromatic carbocycles. The summed E-state index contributed by atoms with van der Waals surface area (Å²) in [6.07, 6.45) is 0.342. The van der Waals surface area contributed by atoms with Gasteiger partial charge in [-0.15, -0.1) is 0 Å². The number of hydrogen-bond acceptors (Lipinski definition) is 6. The number of amides is 1. The van der Waals surface area contributed by atoms with E-state index in [2.05, 4.69) is 21.2 Å². The molecule has 2 atom stereocenters. The van der Waals surface area contributed by atoms with Crippen molar-refractivity contribution in [1.29, 1.82) is 0 Å². The Morgan fingerprint density at radius 1 is 1.19 bits per heavy atom. The largest absolute Gasteiger partial charge is 1.00 e. The van der Waals surface area contributed by atoms with Crippen LogP contribution in [-0.2, 0) is 16.0 Å². The third-order valence-corrected chi connectivity index (χ3v) is 6.41. The van der Waals surface area contributed by atoms with Crippen LogP contribution in [0.1, 0.15) is 33.8 Å². The normalized spacial score (nSPS) is 15.0. The number of carbonyl (C=O) groups excluding carboxylic acids is 2. The summed E-state index contributed by atoms with van der Waals surface area (Å²) in [4.78, 5) is 24.1. The fraction of sp³-hybridized carbons (Fsp3) is 0.231. The number of fused-ring (bicyclic) bond motifs is 1. The predicted octanol–water partition coefficient (Wildman–Crippen LogP) is 1.46. The molecule has 0 aliphatic carbocycles. The standard InChI is InChI=1S/C26H23BrClNO6.Na/c1-33-24(12-15-3-2-4-17(27)11-15)29-25(30)16-5-7-18(8-6-16)35-23-14-22-20(13-21(23)28)19(26(31)32)9-10-34-22;/h2-8,11,13-14,19,24H,9-10,12H2,1H3,(H,29,30)(H,31,32);/q;+1/p-1. The van der Waals surface area contributed by atoms with Gasteiger partial charge in [-0.05, 0) is 54.4 Å². The first-order chi connectivity index (χ1) is 16.8. The average molecular weight is 583 g/mol.